The average molecular weight is 499 g/mol. The van der Waals surface area contributed by atoms with Crippen molar-refractivity contribution in [1.82, 2.24) is 0 Å². The van der Waals surface area contributed by atoms with Crippen molar-refractivity contribution in [2.45, 2.75) is 44.6 Å². The summed E-state index contributed by atoms with van der Waals surface area (Å²) in [6.07, 6.45) is 4.50. The smallest absolute Gasteiger partial charge is 0.327 e. The van der Waals surface area contributed by atoms with E-state index < -0.39 is 23.3 Å². The summed E-state index contributed by atoms with van der Waals surface area (Å²) in [7, 11) is 0. The molecule has 1 N–H and O–H groups in total. The van der Waals surface area contributed by atoms with Gasteiger partial charge in [0.25, 0.3) is 0 Å². The van der Waals surface area contributed by atoms with Crippen LogP contribution in [0.5, 0.6) is 0 Å². The Morgan fingerprint density at radius 1 is 0.971 bits per heavy atom. The highest BCUT2D eigenvalue weighted by atomic mass is 35.5. The zero-order valence-electron chi connectivity index (χ0n) is 18.5. The predicted octanol–water partition coefficient (Wildman–Crippen LogP) is 6.49. The van der Waals surface area contributed by atoms with Gasteiger partial charge in [-0.15, -0.1) is 0 Å². The van der Waals surface area contributed by atoms with Crippen LogP contribution in [0.2, 0.25) is 5.02 Å². The third-order valence-electron chi connectivity index (χ3n) is 5.95. The van der Waals surface area contributed by atoms with Gasteiger partial charge in [-0.1, -0.05) is 61.2 Å². The van der Waals surface area contributed by atoms with Crippen molar-refractivity contribution in [3.05, 3.63) is 77.3 Å². The van der Waals surface area contributed by atoms with Crippen LogP contribution in [0.25, 0.3) is 21.9 Å². The van der Waals surface area contributed by atoms with Crippen molar-refractivity contribution in [3.63, 3.8) is 0 Å². The van der Waals surface area contributed by atoms with Gasteiger partial charge in [0.2, 0.25) is 0 Å². The summed E-state index contributed by atoms with van der Waals surface area (Å²) in [6.45, 7) is 0. The first-order valence-electron chi connectivity index (χ1n) is 11.2. The number of rotatable bonds is 11. The van der Waals surface area contributed by atoms with E-state index in [1.165, 1.54) is 5.56 Å². The molecule has 0 bridgehead atoms. The molecule has 1 heterocycles. The number of aryl methyl sites for hydroxylation is 1. The molecule has 0 aliphatic carbocycles. The van der Waals surface area contributed by atoms with Gasteiger partial charge >= 0.3 is 5.97 Å². The number of carbonyl (C=O) groups is 1. The standard InChI is InChI=1S/C26H26ClNO5S/c27-19-13-11-18(12-14-19)7-3-1-2-4-9-23(26(29)30)28(34(31)32)20-15-16-25-22(17-20)21-8-5-6-10-24(21)33-25/h5-6,8,10-17,23H,1-4,7,9H2,(H,29,30)(H,31,32)/p-1. The zero-order valence-corrected chi connectivity index (χ0v) is 20.1. The van der Waals surface area contributed by atoms with E-state index in [1.807, 2.05) is 48.5 Å². The SMILES string of the molecule is O=C(O)C(CCCCCCc1ccc(Cl)cc1)N(c1ccc2oc3ccccc3c2c1)S(=O)[O-]. The lowest BCUT2D eigenvalue weighted by molar-refractivity contribution is -0.138. The molecule has 6 nitrogen and oxygen atoms in total. The minimum atomic E-state index is -2.74. The number of hydrogen-bond acceptors (Lipinski definition) is 4. The molecule has 3 aromatic carbocycles. The molecule has 178 valence electrons. The molecule has 1 aromatic heterocycles. The Morgan fingerprint density at radius 2 is 1.68 bits per heavy atom. The molecule has 0 amide bonds. The van der Waals surface area contributed by atoms with Crippen LogP contribution >= 0.6 is 11.6 Å². The summed E-state index contributed by atoms with van der Waals surface area (Å²) in [6, 6.07) is 19.0. The molecule has 0 radical (unpaired) electrons. The lowest BCUT2D eigenvalue weighted by atomic mass is 10.0. The Morgan fingerprint density at radius 3 is 2.41 bits per heavy atom. The summed E-state index contributed by atoms with van der Waals surface area (Å²) < 4.78 is 31.0. The molecule has 0 spiro atoms. The fourth-order valence-corrected chi connectivity index (χ4v) is 5.05. The van der Waals surface area contributed by atoms with Crippen molar-refractivity contribution in [2.75, 3.05) is 4.31 Å². The molecule has 0 fully saturated rings. The van der Waals surface area contributed by atoms with Gasteiger partial charge in [-0.2, -0.15) is 0 Å². The second-order valence-electron chi connectivity index (χ2n) is 8.25. The summed E-state index contributed by atoms with van der Waals surface area (Å²) in [5.41, 5.74) is 2.83. The maximum Gasteiger partial charge on any atom is 0.327 e. The summed E-state index contributed by atoms with van der Waals surface area (Å²) in [4.78, 5) is 12.0. The van der Waals surface area contributed by atoms with Gasteiger partial charge in [-0.25, -0.2) is 4.79 Å². The van der Waals surface area contributed by atoms with Gasteiger partial charge in [0.1, 0.15) is 17.2 Å². The number of furan rings is 1. The van der Waals surface area contributed by atoms with Crippen molar-refractivity contribution in [3.8, 4) is 0 Å². The van der Waals surface area contributed by atoms with Crippen molar-refractivity contribution < 1.29 is 23.1 Å². The molecule has 2 atom stereocenters. The first-order valence-corrected chi connectivity index (χ1v) is 12.6. The van der Waals surface area contributed by atoms with Gasteiger partial charge in [-0.3, -0.25) is 8.51 Å². The Kier molecular flexibility index (Phi) is 7.88. The number of fused-ring (bicyclic) bond motifs is 3. The number of para-hydroxylation sites is 1. The van der Waals surface area contributed by atoms with Crippen LogP contribution in [-0.2, 0) is 22.5 Å². The zero-order chi connectivity index (χ0) is 24.1. The Hall–Kier alpha value is -2.87. The molecule has 0 aliphatic heterocycles. The Bertz CT molecular complexity index is 1300. The number of benzene rings is 3. The van der Waals surface area contributed by atoms with Crippen LogP contribution < -0.4 is 4.31 Å². The molecular weight excluding hydrogens is 474 g/mol. The van der Waals surface area contributed by atoms with Gasteiger partial charge in [0.15, 0.2) is 0 Å². The van der Waals surface area contributed by atoms with Crippen LogP contribution in [0, 0.1) is 0 Å². The van der Waals surface area contributed by atoms with Crippen LogP contribution in [0.1, 0.15) is 37.7 Å². The maximum atomic E-state index is 12.1. The Labute approximate surface area is 205 Å². The molecule has 2 unspecified atom stereocenters. The van der Waals surface area contributed by atoms with Crippen molar-refractivity contribution in [1.29, 1.82) is 0 Å². The normalized spacial score (nSPS) is 13.2. The highest BCUT2D eigenvalue weighted by Crippen LogP contribution is 2.33. The second-order valence-corrected chi connectivity index (χ2v) is 9.52. The van der Waals surface area contributed by atoms with E-state index in [4.69, 9.17) is 16.0 Å². The fraction of sp³-hybridized carbons (Fsp3) is 0.269. The quantitative estimate of drug-likeness (QED) is 0.188. The van der Waals surface area contributed by atoms with E-state index in [9.17, 15) is 18.7 Å². The maximum absolute atomic E-state index is 12.1. The summed E-state index contributed by atoms with van der Waals surface area (Å²) >= 11 is 3.17. The number of nitrogens with zero attached hydrogens (tertiary/aromatic N) is 1. The molecule has 34 heavy (non-hydrogen) atoms. The minimum absolute atomic E-state index is 0.231. The monoisotopic (exact) mass is 498 g/mol. The highest BCUT2D eigenvalue weighted by molar-refractivity contribution is 7.80. The molecular formula is C26H25ClNO5S-. The first-order chi connectivity index (χ1) is 16.4. The van der Waals surface area contributed by atoms with E-state index in [2.05, 4.69) is 0 Å². The Balaban J connectivity index is 1.42. The number of aliphatic carboxylic acids is 1. The largest absolute Gasteiger partial charge is 0.755 e. The number of hydrogen-bond donors (Lipinski definition) is 1. The number of carboxylic acids is 1. The van der Waals surface area contributed by atoms with Crippen molar-refractivity contribution in [2.24, 2.45) is 0 Å². The third kappa shape index (κ3) is 5.60. The number of unbranched alkanes of at least 4 members (excludes halogenated alkanes) is 3. The molecule has 4 aromatic rings. The van der Waals surface area contributed by atoms with E-state index in [0.717, 1.165) is 40.8 Å². The minimum Gasteiger partial charge on any atom is -0.755 e. The van der Waals surface area contributed by atoms with Gasteiger partial charge in [-0.05, 0) is 61.2 Å². The van der Waals surface area contributed by atoms with Crippen LogP contribution in [-0.4, -0.2) is 25.9 Å². The summed E-state index contributed by atoms with van der Waals surface area (Å²) in [5, 5.41) is 12.1. The van der Waals surface area contributed by atoms with Gasteiger partial charge < -0.3 is 14.1 Å². The second kappa shape index (κ2) is 11.0. The van der Waals surface area contributed by atoms with Crippen molar-refractivity contribution >= 4 is 56.5 Å². The number of carboxylic acid groups (broad SMARTS) is 1. The number of halogens is 1. The molecule has 0 saturated carbocycles. The van der Waals surface area contributed by atoms with E-state index in [1.54, 1.807) is 18.2 Å². The lowest BCUT2D eigenvalue weighted by Crippen LogP contribution is -2.42. The first kappa shape index (κ1) is 24.3. The molecule has 0 aliphatic rings. The van der Waals surface area contributed by atoms with Gasteiger partial charge in [0.05, 0.1) is 5.69 Å². The lowest BCUT2D eigenvalue weighted by Gasteiger charge is -2.32. The van der Waals surface area contributed by atoms with Crippen LogP contribution in [0.4, 0.5) is 5.69 Å². The number of anilines is 1. The highest BCUT2D eigenvalue weighted by Gasteiger charge is 2.27. The molecule has 4 rings (SSSR count). The van der Waals surface area contributed by atoms with E-state index >= 15 is 0 Å². The van der Waals surface area contributed by atoms with Gasteiger partial charge in [0, 0.05) is 27.1 Å². The van der Waals surface area contributed by atoms with Crippen LogP contribution in [0.3, 0.4) is 0 Å². The average Bonchev–Trinajstić information content (AvgIpc) is 3.19. The fourth-order valence-electron chi connectivity index (χ4n) is 4.23. The summed E-state index contributed by atoms with van der Waals surface area (Å²) in [5.74, 6) is -1.16. The molecule has 0 saturated heterocycles. The van der Waals surface area contributed by atoms with Crippen LogP contribution in [0.15, 0.2) is 71.1 Å². The van der Waals surface area contributed by atoms with E-state index in [0.29, 0.717) is 28.3 Å². The topological polar surface area (TPSA) is 93.8 Å². The third-order valence-corrected chi connectivity index (χ3v) is 6.99. The van der Waals surface area contributed by atoms with E-state index in [-0.39, 0.29) is 6.42 Å². The predicted molar refractivity (Wildman–Crippen MR) is 135 cm³/mol. The molecule has 8 heteroatoms.